The molecular formula is C26H31N3O. The second-order valence-corrected chi connectivity index (χ2v) is 9.18. The first-order chi connectivity index (χ1) is 14.4. The molecule has 1 N–H and O–H groups in total. The van der Waals surface area contributed by atoms with Crippen LogP contribution in [0.2, 0.25) is 0 Å². The zero-order valence-corrected chi connectivity index (χ0v) is 18.4. The molecule has 0 saturated carbocycles. The number of nitrogens with zero attached hydrogens (tertiary/aromatic N) is 2. The van der Waals surface area contributed by atoms with E-state index >= 15 is 0 Å². The van der Waals surface area contributed by atoms with E-state index in [2.05, 4.69) is 86.6 Å². The third-order valence-corrected chi connectivity index (χ3v) is 6.03. The van der Waals surface area contributed by atoms with E-state index in [1.165, 1.54) is 16.7 Å². The van der Waals surface area contributed by atoms with Gasteiger partial charge in [0, 0.05) is 6.54 Å². The summed E-state index contributed by atoms with van der Waals surface area (Å²) < 4.78 is 1.91. The summed E-state index contributed by atoms with van der Waals surface area (Å²) in [7, 11) is 0. The first-order valence-electron chi connectivity index (χ1n) is 10.9. The molecule has 0 bridgehead atoms. The van der Waals surface area contributed by atoms with Crippen LogP contribution in [0.1, 0.15) is 73.8 Å². The number of benzene rings is 2. The fourth-order valence-corrected chi connectivity index (χ4v) is 4.28. The van der Waals surface area contributed by atoms with Gasteiger partial charge in [-0.05, 0) is 59.9 Å². The van der Waals surface area contributed by atoms with Gasteiger partial charge < -0.3 is 5.32 Å². The largest absolute Gasteiger partial charge is 0.344 e. The molecule has 0 radical (unpaired) electrons. The molecule has 0 fully saturated rings. The Labute approximate surface area is 179 Å². The maximum atomic E-state index is 13.0. The Morgan fingerprint density at radius 2 is 1.87 bits per heavy atom. The van der Waals surface area contributed by atoms with Gasteiger partial charge in [-0.3, -0.25) is 9.48 Å². The molecule has 1 amide bonds. The average Bonchev–Trinajstić information content (AvgIpc) is 3.18. The molecule has 4 rings (SSSR count). The highest BCUT2D eigenvalue weighted by Crippen LogP contribution is 2.30. The van der Waals surface area contributed by atoms with E-state index < -0.39 is 0 Å². The lowest BCUT2D eigenvalue weighted by Crippen LogP contribution is -2.31. The standard InChI is InChI=1S/C26H31N3O/c1-5-29-24(19-13-15-20(16-14-19)26(2,3)4)17-23(28-29)25(30)27-22-12-8-10-18-9-6-7-11-21(18)22/h6-7,9,11,13-17,22H,5,8,10,12H2,1-4H3,(H,27,30). The first kappa shape index (κ1) is 20.4. The van der Waals surface area contributed by atoms with Crippen molar-refractivity contribution in [2.24, 2.45) is 0 Å². The molecule has 156 valence electrons. The van der Waals surface area contributed by atoms with Crippen LogP contribution in [0, 0.1) is 0 Å². The molecule has 1 unspecified atom stereocenters. The van der Waals surface area contributed by atoms with Crippen molar-refractivity contribution in [3.05, 3.63) is 77.0 Å². The van der Waals surface area contributed by atoms with E-state index in [1.54, 1.807) is 0 Å². The highest BCUT2D eigenvalue weighted by Gasteiger charge is 2.24. The second kappa shape index (κ2) is 8.10. The van der Waals surface area contributed by atoms with E-state index in [-0.39, 0.29) is 17.4 Å². The Morgan fingerprint density at radius 3 is 2.57 bits per heavy atom. The van der Waals surface area contributed by atoms with Crippen LogP contribution in [-0.4, -0.2) is 15.7 Å². The van der Waals surface area contributed by atoms with E-state index in [4.69, 9.17) is 0 Å². The molecule has 2 aromatic carbocycles. The Kier molecular flexibility index (Phi) is 5.50. The van der Waals surface area contributed by atoms with Crippen molar-refractivity contribution in [3.63, 3.8) is 0 Å². The lowest BCUT2D eigenvalue weighted by atomic mass is 9.86. The highest BCUT2D eigenvalue weighted by molar-refractivity contribution is 5.93. The predicted octanol–water partition coefficient (Wildman–Crippen LogP) is 5.67. The second-order valence-electron chi connectivity index (χ2n) is 9.18. The topological polar surface area (TPSA) is 46.9 Å². The third kappa shape index (κ3) is 4.04. The number of rotatable bonds is 4. The van der Waals surface area contributed by atoms with Crippen molar-refractivity contribution in [1.29, 1.82) is 0 Å². The fourth-order valence-electron chi connectivity index (χ4n) is 4.28. The van der Waals surface area contributed by atoms with E-state index in [0.717, 1.165) is 37.1 Å². The minimum Gasteiger partial charge on any atom is -0.344 e. The third-order valence-electron chi connectivity index (χ3n) is 6.03. The molecule has 0 saturated heterocycles. The highest BCUT2D eigenvalue weighted by atomic mass is 16.2. The minimum atomic E-state index is -0.100. The summed E-state index contributed by atoms with van der Waals surface area (Å²) in [5.74, 6) is -0.100. The molecule has 1 atom stereocenters. The van der Waals surface area contributed by atoms with Gasteiger partial charge in [0.25, 0.3) is 5.91 Å². The summed E-state index contributed by atoms with van der Waals surface area (Å²) in [4.78, 5) is 13.0. The number of carbonyl (C=O) groups is 1. The fraction of sp³-hybridized carbons (Fsp3) is 0.385. The van der Waals surface area contributed by atoms with E-state index in [0.29, 0.717) is 5.69 Å². The quantitative estimate of drug-likeness (QED) is 0.612. The average molecular weight is 402 g/mol. The number of fused-ring (bicyclic) bond motifs is 1. The normalized spacial score (nSPS) is 16.2. The van der Waals surface area contributed by atoms with Gasteiger partial charge in [0.05, 0.1) is 11.7 Å². The van der Waals surface area contributed by atoms with Crippen LogP contribution in [0.15, 0.2) is 54.6 Å². The van der Waals surface area contributed by atoms with Gasteiger partial charge in [0.2, 0.25) is 0 Å². The molecule has 4 heteroatoms. The Hall–Kier alpha value is -2.88. The van der Waals surface area contributed by atoms with Crippen LogP contribution < -0.4 is 5.32 Å². The number of hydrogen-bond acceptors (Lipinski definition) is 2. The Morgan fingerprint density at radius 1 is 1.13 bits per heavy atom. The van der Waals surface area contributed by atoms with E-state index in [1.807, 2.05) is 10.7 Å². The van der Waals surface area contributed by atoms with Crippen LogP contribution in [0.4, 0.5) is 0 Å². The van der Waals surface area contributed by atoms with Gasteiger partial charge in [-0.1, -0.05) is 69.3 Å². The van der Waals surface area contributed by atoms with Crippen LogP contribution >= 0.6 is 0 Å². The number of carbonyl (C=O) groups excluding carboxylic acids is 1. The molecule has 3 aromatic rings. The lowest BCUT2D eigenvalue weighted by Gasteiger charge is -2.26. The Bertz CT molecular complexity index is 1040. The molecule has 1 heterocycles. The van der Waals surface area contributed by atoms with Crippen molar-refractivity contribution in [2.75, 3.05) is 0 Å². The van der Waals surface area contributed by atoms with Crippen molar-refractivity contribution < 1.29 is 4.79 Å². The van der Waals surface area contributed by atoms with Crippen molar-refractivity contribution >= 4 is 5.91 Å². The zero-order chi connectivity index (χ0) is 21.3. The lowest BCUT2D eigenvalue weighted by molar-refractivity contribution is 0.0927. The van der Waals surface area contributed by atoms with Crippen molar-refractivity contribution in [2.45, 2.75) is 65.0 Å². The smallest absolute Gasteiger partial charge is 0.272 e. The summed E-state index contributed by atoms with van der Waals surface area (Å²) in [6.07, 6.45) is 3.15. The molecule has 4 nitrogen and oxygen atoms in total. The molecule has 0 spiro atoms. The molecule has 30 heavy (non-hydrogen) atoms. The van der Waals surface area contributed by atoms with Crippen LogP contribution in [0.25, 0.3) is 11.3 Å². The number of aryl methyl sites for hydroxylation is 2. The number of nitrogens with one attached hydrogen (secondary N) is 1. The van der Waals surface area contributed by atoms with Gasteiger partial charge in [-0.15, -0.1) is 0 Å². The van der Waals surface area contributed by atoms with Gasteiger partial charge in [0.1, 0.15) is 0 Å². The predicted molar refractivity (Wildman–Crippen MR) is 122 cm³/mol. The maximum Gasteiger partial charge on any atom is 0.272 e. The van der Waals surface area contributed by atoms with Gasteiger partial charge in [-0.25, -0.2) is 0 Å². The summed E-state index contributed by atoms with van der Waals surface area (Å²) in [6, 6.07) is 19.0. The summed E-state index contributed by atoms with van der Waals surface area (Å²) >= 11 is 0. The van der Waals surface area contributed by atoms with Gasteiger partial charge >= 0.3 is 0 Å². The molecule has 1 aromatic heterocycles. The number of aromatic nitrogens is 2. The summed E-state index contributed by atoms with van der Waals surface area (Å²) in [5.41, 5.74) is 6.53. The molecule has 0 aliphatic heterocycles. The maximum absolute atomic E-state index is 13.0. The van der Waals surface area contributed by atoms with Crippen LogP contribution in [-0.2, 0) is 18.4 Å². The van der Waals surface area contributed by atoms with Gasteiger partial charge in [0.15, 0.2) is 5.69 Å². The minimum absolute atomic E-state index is 0.0590. The molecular weight excluding hydrogens is 370 g/mol. The first-order valence-corrected chi connectivity index (χ1v) is 10.9. The van der Waals surface area contributed by atoms with E-state index in [9.17, 15) is 4.79 Å². The van der Waals surface area contributed by atoms with Crippen molar-refractivity contribution in [1.82, 2.24) is 15.1 Å². The van der Waals surface area contributed by atoms with Gasteiger partial charge in [-0.2, -0.15) is 5.10 Å². The zero-order valence-electron chi connectivity index (χ0n) is 18.4. The van der Waals surface area contributed by atoms with Crippen LogP contribution in [0.3, 0.4) is 0 Å². The summed E-state index contributed by atoms with van der Waals surface area (Å²) in [5, 5.41) is 7.82. The monoisotopic (exact) mass is 401 g/mol. The number of amides is 1. The van der Waals surface area contributed by atoms with Crippen LogP contribution in [0.5, 0.6) is 0 Å². The number of hydrogen-bond donors (Lipinski definition) is 1. The SMILES string of the molecule is CCn1nc(C(=O)NC2CCCc3ccccc32)cc1-c1ccc(C(C)(C)C)cc1. The molecule has 1 aliphatic carbocycles. The Balaban J connectivity index is 1.58. The van der Waals surface area contributed by atoms with Crippen molar-refractivity contribution in [3.8, 4) is 11.3 Å². The molecule has 1 aliphatic rings. The summed E-state index contributed by atoms with van der Waals surface area (Å²) in [6.45, 7) is 9.41.